The molecule has 23 heavy (non-hydrogen) atoms. The zero-order chi connectivity index (χ0) is 16.2. The molecular weight excluding hydrogens is 290 g/mol. The summed E-state index contributed by atoms with van der Waals surface area (Å²) in [6.07, 6.45) is 2.18. The van der Waals surface area contributed by atoms with E-state index in [-0.39, 0.29) is 17.8 Å². The maximum Gasteiger partial charge on any atom is 0.337 e. The summed E-state index contributed by atoms with van der Waals surface area (Å²) < 4.78 is 4.67. The first-order valence-electron chi connectivity index (χ1n) is 7.73. The maximum absolute atomic E-state index is 12.7. The molecule has 4 heteroatoms. The summed E-state index contributed by atoms with van der Waals surface area (Å²) in [5, 5.41) is 2.95. The molecular formula is C19H19NO3. The first kappa shape index (κ1) is 15.3. The lowest BCUT2D eigenvalue weighted by atomic mass is 9.93. The second-order valence-electron chi connectivity index (χ2n) is 5.78. The summed E-state index contributed by atoms with van der Waals surface area (Å²) in [5.74, 6) is -0.0734. The van der Waals surface area contributed by atoms with Crippen molar-refractivity contribution >= 4 is 17.6 Å². The van der Waals surface area contributed by atoms with Gasteiger partial charge in [0, 0.05) is 5.69 Å². The van der Waals surface area contributed by atoms with Crippen LogP contribution in [0.25, 0.3) is 0 Å². The normalized spacial score (nSPS) is 14.8. The van der Waals surface area contributed by atoms with Crippen LogP contribution in [0, 0.1) is 5.92 Å². The Bertz CT molecular complexity index is 690. The Morgan fingerprint density at radius 2 is 1.70 bits per heavy atom. The number of hydrogen-bond donors (Lipinski definition) is 1. The summed E-state index contributed by atoms with van der Waals surface area (Å²) >= 11 is 0. The van der Waals surface area contributed by atoms with E-state index in [0.29, 0.717) is 17.2 Å². The summed E-state index contributed by atoms with van der Waals surface area (Å²) in [6.45, 7) is 0. The minimum atomic E-state index is -0.386. The Hall–Kier alpha value is -2.62. The third-order valence-corrected chi connectivity index (χ3v) is 4.11. The number of rotatable bonds is 5. The van der Waals surface area contributed by atoms with E-state index in [2.05, 4.69) is 10.1 Å². The number of benzene rings is 2. The zero-order valence-corrected chi connectivity index (χ0v) is 13.0. The zero-order valence-electron chi connectivity index (χ0n) is 13.0. The highest BCUT2D eigenvalue weighted by molar-refractivity contribution is 5.97. The molecule has 0 radical (unpaired) electrons. The number of methoxy groups -OCH3 is 1. The molecule has 1 aliphatic carbocycles. The Kier molecular flexibility index (Phi) is 4.42. The molecule has 118 valence electrons. The van der Waals surface area contributed by atoms with E-state index in [9.17, 15) is 9.59 Å². The molecule has 1 atom stereocenters. The van der Waals surface area contributed by atoms with E-state index < -0.39 is 0 Å². The average Bonchev–Trinajstić information content (AvgIpc) is 3.41. The van der Waals surface area contributed by atoms with Crippen LogP contribution in [0.4, 0.5) is 5.69 Å². The second kappa shape index (κ2) is 6.65. The van der Waals surface area contributed by atoms with Crippen molar-refractivity contribution in [1.29, 1.82) is 0 Å². The van der Waals surface area contributed by atoms with Crippen molar-refractivity contribution in [2.24, 2.45) is 5.92 Å². The van der Waals surface area contributed by atoms with Crippen molar-refractivity contribution in [1.82, 2.24) is 0 Å². The molecule has 1 saturated carbocycles. The van der Waals surface area contributed by atoms with Crippen LogP contribution in [0.5, 0.6) is 0 Å². The van der Waals surface area contributed by atoms with Crippen LogP contribution in [-0.4, -0.2) is 19.0 Å². The number of ether oxygens (including phenoxy) is 1. The lowest BCUT2D eigenvalue weighted by Crippen LogP contribution is -2.22. The van der Waals surface area contributed by atoms with E-state index in [4.69, 9.17) is 0 Å². The lowest BCUT2D eigenvalue weighted by molar-refractivity contribution is -0.118. The second-order valence-corrected chi connectivity index (χ2v) is 5.78. The monoisotopic (exact) mass is 309 g/mol. The number of esters is 1. The first-order valence-corrected chi connectivity index (χ1v) is 7.73. The third-order valence-electron chi connectivity index (χ3n) is 4.11. The fourth-order valence-electron chi connectivity index (χ4n) is 2.76. The van der Waals surface area contributed by atoms with Crippen LogP contribution in [0.15, 0.2) is 54.6 Å². The molecule has 1 unspecified atom stereocenters. The number of hydrogen-bond acceptors (Lipinski definition) is 3. The quantitative estimate of drug-likeness (QED) is 0.859. The Balaban J connectivity index is 1.73. The summed E-state index contributed by atoms with van der Waals surface area (Å²) in [4.78, 5) is 24.1. The lowest BCUT2D eigenvalue weighted by Gasteiger charge is -2.16. The predicted octanol–water partition coefficient (Wildman–Crippen LogP) is 3.61. The molecule has 0 bridgehead atoms. The van der Waals surface area contributed by atoms with Crippen LogP contribution >= 0.6 is 0 Å². The third kappa shape index (κ3) is 3.59. The van der Waals surface area contributed by atoms with Gasteiger partial charge in [0.2, 0.25) is 5.91 Å². The molecule has 2 aromatic rings. The molecule has 3 rings (SSSR count). The van der Waals surface area contributed by atoms with Crippen LogP contribution in [0.3, 0.4) is 0 Å². The van der Waals surface area contributed by atoms with Crippen molar-refractivity contribution in [3.05, 3.63) is 65.7 Å². The highest BCUT2D eigenvalue weighted by Crippen LogP contribution is 2.43. The van der Waals surface area contributed by atoms with E-state index in [1.165, 1.54) is 7.11 Å². The van der Waals surface area contributed by atoms with Crippen molar-refractivity contribution in [2.75, 3.05) is 12.4 Å². The summed E-state index contributed by atoms with van der Waals surface area (Å²) in [7, 11) is 1.35. The molecule has 1 N–H and O–H groups in total. The highest BCUT2D eigenvalue weighted by Gasteiger charge is 2.37. The van der Waals surface area contributed by atoms with Gasteiger partial charge in [0.1, 0.15) is 0 Å². The largest absolute Gasteiger partial charge is 0.465 e. The fraction of sp³-hybridized carbons (Fsp3) is 0.263. The van der Waals surface area contributed by atoms with E-state index in [0.717, 1.165) is 18.4 Å². The Morgan fingerprint density at radius 3 is 2.26 bits per heavy atom. The average molecular weight is 309 g/mol. The van der Waals surface area contributed by atoms with Gasteiger partial charge in [0.15, 0.2) is 0 Å². The SMILES string of the molecule is COC(=O)c1ccc(NC(=O)C(c2ccccc2)C2CC2)cc1. The van der Waals surface area contributed by atoms with Gasteiger partial charge in [0.05, 0.1) is 18.6 Å². The Labute approximate surface area is 135 Å². The molecule has 2 aromatic carbocycles. The van der Waals surface area contributed by atoms with Gasteiger partial charge < -0.3 is 10.1 Å². The number of carbonyl (C=O) groups is 2. The molecule has 0 spiro atoms. The van der Waals surface area contributed by atoms with E-state index >= 15 is 0 Å². The maximum atomic E-state index is 12.7. The van der Waals surface area contributed by atoms with Gasteiger partial charge in [-0.25, -0.2) is 4.79 Å². The smallest absolute Gasteiger partial charge is 0.337 e. The number of anilines is 1. The number of nitrogens with one attached hydrogen (secondary N) is 1. The molecule has 0 heterocycles. The van der Waals surface area contributed by atoms with Crippen molar-refractivity contribution in [2.45, 2.75) is 18.8 Å². The van der Waals surface area contributed by atoms with Gasteiger partial charge >= 0.3 is 5.97 Å². The van der Waals surface area contributed by atoms with Crippen molar-refractivity contribution < 1.29 is 14.3 Å². The highest BCUT2D eigenvalue weighted by atomic mass is 16.5. The number of amides is 1. The fourth-order valence-corrected chi connectivity index (χ4v) is 2.76. The van der Waals surface area contributed by atoms with Gasteiger partial charge in [-0.2, -0.15) is 0 Å². The molecule has 0 aromatic heterocycles. The molecule has 0 saturated heterocycles. The van der Waals surface area contributed by atoms with Gasteiger partial charge in [-0.15, -0.1) is 0 Å². The predicted molar refractivity (Wildman–Crippen MR) is 88.3 cm³/mol. The van der Waals surface area contributed by atoms with Gasteiger partial charge in [-0.1, -0.05) is 30.3 Å². The van der Waals surface area contributed by atoms with E-state index in [1.54, 1.807) is 24.3 Å². The minimum Gasteiger partial charge on any atom is -0.465 e. The topological polar surface area (TPSA) is 55.4 Å². The van der Waals surface area contributed by atoms with Crippen LogP contribution < -0.4 is 5.32 Å². The first-order chi connectivity index (χ1) is 11.2. The Morgan fingerprint density at radius 1 is 1.04 bits per heavy atom. The molecule has 1 aliphatic rings. The summed E-state index contributed by atoms with van der Waals surface area (Å²) in [5.41, 5.74) is 2.20. The molecule has 1 amide bonds. The summed E-state index contributed by atoms with van der Waals surface area (Å²) in [6, 6.07) is 16.6. The van der Waals surface area contributed by atoms with Gasteiger partial charge in [-0.05, 0) is 48.6 Å². The van der Waals surface area contributed by atoms with Crippen LogP contribution in [0.2, 0.25) is 0 Å². The molecule has 1 fully saturated rings. The minimum absolute atomic E-state index is 0.00418. The van der Waals surface area contributed by atoms with Crippen LogP contribution in [0.1, 0.15) is 34.7 Å². The number of carbonyl (C=O) groups excluding carboxylic acids is 2. The standard InChI is InChI=1S/C19H19NO3/c1-23-19(22)15-9-11-16(12-10-15)20-18(21)17(14-7-8-14)13-5-3-2-4-6-13/h2-6,9-12,14,17H,7-8H2,1H3,(H,20,21). The van der Waals surface area contributed by atoms with Gasteiger partial charge in [0.25, 0.3) is 0 Å². The van der Waals surface area contributed by atoms with Crippen LogP contribution in [-0.2, 0) is 9.53 Å². The van der Waals surface area contributed by atoms with Crippen molar-refractivity contribution in [3.8, 4) is 0 Å². The van der Waals surface area contributed by atoms with Crippen molar-refractivity contribution in [3.63, 3.8) is 0 Å². The van der Waals surface area contributed by atoms with E-state index in [1.807, 2.05) is 30.3 Å². The molecule has 0 aliphatic heterocycles. The molecule has 4 nitrogen and oxygen atoms in total. The van der Waals surface area contributed by atoms with Gasteiger partial charge in [-0.3, -0.25) is 4.79 Å².